The molecular weight excluding hydrogens is 510 g/mol. The SMILES string of the molecule is CNC(=O)Cc1ccc(N2C(=S)N(c3cnc(C#N)c(C(F)(F)F)c3)C(=O)C23CC2C=CCC23)cc1F. The number of nitriles is 1. The molecule has 1 saturated heterocycles. The van der Waals surface area contributed by atoms with Crippen molar-refractivity contribution >= 4 is 40.5 Å². The lowest BCUT2D eigenvalue weighted by molar-refractivity contribution is -0.138. The van der Waals surface area contributed by atoms with Crippen LogP contribution in [0.15, 0.2) is 42.6 Å². The van der Waals surface area contributed by atoms with Crippen LogP contribution in [-0.2, 0) is 22.2 Å². The van der Waals surface area contributed by atoms with E-state index in [0.29, 0.717) is 18.9 Å². The maximum atomic E-state index is 15.0. The van der Waals surface area contributed by atoms with Crippen LogP contribution in [0.5, 0.6) is 0 Å². The van der Waals surface area contributed by atoms with E-state index in [9.17, 15) is 22.8 Å². The third-order valence-corrected chi connectivity index (χ3v) is 7.64. The van der Waals surface area contributed by atoms with Gasteiger partial charge in [-0.2, -0.15) is 18.4 Å². The van der Waals surface area contributed by atoms with Crippen molar-refractivity contribution in [1.82, 2.24) is 10.3 Å². The van der Waals surface area contributed by atoms with Gasteiger partial charge in [-0.25, -0.2) is 9.37 Å². The maximum Gasteiger partial charge on any atom is 0.419 e. The number of aromatic nitrogens is 1. The Morgan fingerprint density at radius 1 is 1.32 bits per heavy atom. The molecule has 3 aliphatic rings. The van der Waals surface area contributed by atoms with Crippen LogP contribution < -0.4 is 15.1 Å². The first-order valence-corrected chi connectivity index (χ1v) is 11.8. The van der Waals surface area contributed by atoms with Crippen molar-refractivity contribution in [3.8, 4) is 6.07 Å². The minimum Gasteiger partial charge on any atom is -0.359 e. The first-order valence-electron chi connectivity index (χ1n) is 11.3. The first kappa shape index (κ1) is 24.8. The quantitative estimate of drug-likeness (QED) is 0.368. The van der Waals surface area contributed by atoms with Gasteiger partial charge in [-0.15, -0.1) is 0 Å². The second kappa shape index (κ2) is 8.62. The number of rotatable bonds is 4. The monoisotopic (exact) mass is 529 g/mol. The largest absolute Gasteiger partial charge is 0.419 e. The third-order valence-electron chi connectivity index (χ3n) is 7.27. The minimum atomic E-state index is -4.88. The molecule has 2 amide bonds. The zero-order valence-corrected chi connectivity index (χ0v) is 20.2. The van der Waals surface area contributed by atoms with E-state index in [1.165, 1.54) is 30.1 Å². The average Bonchev–Trinajstić information content (AvgIpc) is 3.34. The number of thiocarbonyl (C=S) groups is 1. The van der Waals surface area contributed by atoms with Gasteiger partial charge in [-0.05, 0) is 54.7 Å². The summed E-state index contributed by atoms with van der Waals surface area (Å²) in [5, 5.41) is 11.4. The molecular formula is C25H19F4N5O2S. The smallest absolute Gasteiger partial charge is 0.359 e. The highest BCUT2D eigenvalue weighted by atomic mass is 32.1. The average molecular weight is 530 g/mol. The number of carbonyl (C=O) groups is 2. The number of nitrogens with one attached hydrogen (secondary N) is 1. The molecule has 2 aromatic rings. The molecule has 0 radical (unpaired) electrons. The predicted molar refractivity (Wildman–Crippen MR) is 129 cm³/mol. The molecule has 12 heteroatoms. The third kappa shape index (κ3) is 3.68. The standard InChI is InChI=1S/C25H19F4N5O2S/c1-31-21(35)7-13-5-6-15(9-19(13)26)34-23(37)33(22(36)24(34)10-14-3-2-4-17(14)24)16-8-18(25(27,28)29)20(11-30)32-12-16/h2-3,5-6,8-9,12,14,17H,4,7,10H2,1H3,(H,31,35). The van der Waals surface area contributed by atoms with Gasteiger partial charge in [0, 0.05) is 18.7 Å². The molecule has 3 atom stereocenters. The van der Waals surface area contributed by atoms with E-state index in [4.69, 9.17) is 17.5 Å². The van der Waals surface area contributed by atoms with Crippen molar-refractivity contribution in [1.29, 1.82) is 5.26 Å². The molecule has 1 aromatic carbocycles. The van der Waals surface area contributed by atoms with Gasteiger partial charge < -0.3 is 10.2 Å². The minimum absolute atomic E-state index is 0.0800. The number of carbonyl (C=O) groups excluding carboxylic acids is 2. The van der Waals surface area contributed by atoms with Gasteiger partial charge >= 0.3 is 6.18 Å². The summed E-state index contributed by atoms with van der Waals surface area (Å²) in [5.74, 6) is -1.71. The normalized spacial score (nSPS) is 24.3. The zero-order chi connectivity index (χ0) is 26.7. The van der Waals surface area contributed by atoms with Gasteiger partial charge in [0.25, 0.3) is 5.91 Å². The van der Waals surface area contributed by atoms with Crippen molar-refractivity contribution in [3.05, 3.63) is 65.3 Å². The van der Waals surface area contributed by atoms with Crippen LogP contribution in [-0.4, -0.2) is 34.5 Å². The van der Waals surface area contributed by atoms with E-state index in [1.807, 2.05) is 12.2 Å². The van der Waals surface area contributed by atoms with Gasteiger partial charge in [-0.3, -0.25) is 14.5 Å². The molecule has 2 aliphatic carbocycles. The van der Waals surface area contributed by atoms with E-state index >= 15 is 4.39 Å². The Bertz CT molecular complexity index is 1420. The summed E-state index contributed by atoms with van der Waals surface area (Å²) in [6.07, 6.45) is 0.780. The summed E-state index contributed by atoms with van der Waals surface area (Å²) < 4.78 is 55.9. The number of fused-ring (bicyclic) bond motifs is 2. The second-order valence-electron chi connectivity index (χ2n) is 9.15. The molecule has 37 heavy (non-hydrogen) atoms. The van der Waals surface area contributed by atoms with Crippen LogP contribution in [0.1, 0.15) is 29.7 Å². The fraction of sp³-hybridized carbons (Fsp3) is 0.320. The fourth-order valence-electron chi connectivity index (χ4n) is 5.50. The molecule has 1 aromatic heterocycles. The van der Waals surface area contributed by atoms with Gasteiger partial charge in [0.05, 0.1) is 23.9 Å². The van der Waals surface area contributed by atoms with E-state index in [0.717, 1.165) is 11.1 Å². The highest BCUT2D eigenvalue weighted by Gasteiger charge is 2.68. The maximum absolute atomic E-state index is 15.0. The predicted octanol–water partition coefficient (Wildman–Crippen LogP) is 3.87. The Hall–Kier alpha value is -3.85. The van der Waals surface area contributed by atoms with Crippen LogP contribution in [0, 0.1) is 29.0 Å². The molecule has 3 unspecified atom stereocenters. The lowest BCUT2D eigenvalue weighted by atomic mass is 9.59. The van der Waals surface area contributed by atoms with Crippen molar-refractivity contribution < 1.29 is 27.2 Å². The molecule has 2 fully saturated rings. The fourth-order valence-corrected chi connectivity index (χ4v) is 5.95. The molecule has 1 N–H and O–H groups in total. The summed E-state index contributed by atoms with van der Waals surface area (Å²) >= 11 is 5.62. The van der Waals surface area contributed by atoms with E-state index in [1.54, 1.807) is 6.07 Å². The zero-order valence-electron chi connectivity index (χ0n) is 19.3. The number of alkyl halides is 3. The van der Waals surface area contributed by atoms with Gasteiger partial charge in [-0.1, -0.05) is 18.2 Å². The summed E-state index contributed by atoms with van der Waals surface area (Å²) in [5.41, 5.74) is -3.15. The second-order valence-corrected chi connectivity index (χ2v) is 9.51. The topological polar surface area (TPSA) is 89.3 Å². The van der Waals surface area contributed by atoms with E-state index in [2.05, 4.69) is 10.3 Å². The number of hydrogen-bond donors (Lipinski definition) is 1. The van der Waals surface area contributed by atoms with Gasteiger partial charge in [0.15, 0.2) is 10.8 Å². The number of likely N-dealkylation sites (N-methyl/N-ethyl adjacent to an activating group) is 1. The van der Waals surface area contributed by atoms with Crippen LogP contribution in [0.25, 0.3) is 0 Å². The molecule has 190 valence electrons. The molecule has 5 rings (SSSR count). The highest BCUT2D eigenvalue weighted by Crippen LogP contribution is 2.58. The summed E-state index contributed by atoms with van der Waals surface area (Å²) in [6.45, 7) is 0. The first-order chi connectivity index (χ1) is 17.5. The van der Waals surface area contributed by atoms with Crippen LogP contribution in [0.3, 0.4) is 0 Å². The number of anilines is 2. The number of amides is 2. The Balaban J connectivity index is 1.60. The number of nitrogens with zero attached hydrogens (tertiary/aromatic N) is 4. The summed E-state index contributed by atoms with van der Waals surface area (Å²) in [4.78, 5) is 31.8. The van der Waals surface area contributed by atoms with Crippen LogP contribution >= 0.6 is 12.2 Å². The van der Waals surface area contributed by atoms with Crippen LogP contribution in [0.4, 0.5) is 28.9 Å². The molecule has 0 bridgehead atoms. The number of allylic oxidation sites excluding steroid dienone is 2. The number of benzene rings is 1. The van der Waals surface area contributed by atoms with E-state index in [-0.39, 0.29) is 46.2 Å². The van der Waals surface area contributed by atoms with Gasteiger partial charge in [0.1, 0.15) is 17.4 Å². The van der Waals surface area contributed by atoms with Crippen molar-refractivity contribution in [2.45, 2.75) is 31.0 Å². The molecule has 1 aliphatic heterocycles. The van der Waals surface area contributed by atoms with E-state index < -0.39 is 34.7 Å². The Labute approximate surface area is 214 Å². The summed E-state index contributed by atoms with van der Waals surface area (Å²) in [7, 11) is 1.44. The van der Waals surface area contributed by atoms with Crippen molar-refractivity contribution in [2.75, 3.05) is 16.8 Å². The Morgan fingerprint density at radius 2 is 2.08 bits per heavy atom. The number of halogens is 4. The molecule has 7 nitrogen and oxygen atoms in total. The Kier molecular flexibility index (Phi) is 5.79. The molecule has 1 saturated carbocycles. The summed E-state index contributed by atoms with van der Waals surface area (Å²) in [6, 6.07) is 6.25. The highest BCUT2D eigenvalue weighted by molar-refractivity contribution is 7.81. The number of pyridine rings is 1. The Morgan fingerprint density at radius 3 is 2.70 bits per heavy atom. The lowest BCUT2D eigenvalue weighted by Crippen LogP contribution is -2.65. The van der Waals surface area contributed by atoms with Crippen LogP contribution in [0.2, 0.25) is 0 Å². The van der Waals surface area contributed by atoms with Gasteiger partial charge in [0.2, 0.25) is 5.91 Å². The molecule has 1 spiro atoms. The molecule has 2 heterocycles. The van der Waals surface area contributed by atoms with Crippen molar-refractivity contribution in [2.24, 2.45) is 11.8 Å². The number of hydrogen-bond acceptors (Lipinski definition) is 5. The van der Waals surface area contributed by atoms with Crippen molar-refractivity contribution in [3.63, 3.8) is 0 Å². The lowest BCUT2D eigenvalue weighted by Gasteiger charge is -2.52.